The lowest BCUT2D eigenvalue weighted by Gasteiger charge is -1.96. The molecule has 2 heterocycles. The molecule has 0 amide bonds. The van der Waals surface area contributed by atoms with Gasteiger partial charge >= 0.3 is 0 Å². The van der Waals surface area contributed by atoms with Gasteiger partial charge in [-0.2, -0.15) is 0 Å². The van der Waals surface area contributed by atoms with E-state index in [-0.39, 0.29) is 0 Å². The number of H-pyrrole nitrogens is 1. The zero-order valence-electron chi connectivity index (χ0n) is 8.41. The van der Waals surface area contributed by atoms with Gasteiger partial charge in [0.2, 0.25) is 0 Å². The zero-order chi connectivity index (χ0) is 10.4. The van der Waals surface area contributed by atoms with Crippen molar-refractivity contribution in [1.82, 2.24) is 9.97 Å². The Bertz CT molecular complexity index is 652. The molecule has 3 rings (SSSR count). The van der Waals surface area contributed by atoms with Gasteiger partial charge in [0.15, 0.2) is 0 Å². The molecule has 0 aliphatic heterocycles. The summed E-state index contributed by atoms with van der Waals surface area (Å²) in [6.45, 7) is 2.10. The normalized spacial score (nSPS) is 11.3. The maximum Gasteiger partial charge on any atom is 0.147 e. The molecule has 0 radical (unpaired) electrons. The Morgan fingerprint density at radius 3 is 3.00 bits per heavy atom. The van der Waals surface area contributed by atoms with Crippen molar-refractivity contribution < 1.29 is 0 Å². The maximum absolute atomic E-state index is 5.83. The van der Waals surface area contributed by atoms with E-state index in [1.54, 1.807) is 6.20 Å². The third-order valence-corrected chi connectivity index (χ3v) is 2.78. The molecule has 0 saturated carbocycles. The van der Waals surface area contributed by atoms with E-state index in [1.807, 2.05) is 12.1 Å². The summed E-state index contributed by atoms with van der Waals surface area (Å²) in [5.74, 6) is 0.558. The fourth-order valence-corrected chi connectivity index (χ4v) is 2.08. The van der Waals surface area contributed by atoms with Crippen LogP contribution in [0.1, 0.15) is 5.56 Å². The zero-order valence-corrected chi connectivity index (χ0v) is 8.41. The Morgan fingerprint density at radius 2 is 2.13 bits per heavy atom. The van der Waals surface area contributed by atoms with E-state index in [1.165, 1.54) is 10.9 Å². The Balaban J connectivity index is 2.65. The largest absolute Gasteiger partial charge is 0.382 e. The molecule has 0 unspecified atom stereocenters. The number of nitrogens with one attached hydrogen (secondary N) is 1. The topological polar surface area (TPSA) is 54.7 Å². The molecule has 3 heteroatoms. The van der Waals surface area contributed by atoms with Crippen LogP contribution < -0.4 is 5.73 Å². The average Bonchev–Trinajstić information content (AvgIpc) is 2.59. The Kier molecular flexibility index (Phi) is 1.51. The van der Waals surface area contributed by atoms with Gasteiger partial charge in [0, 0.05) is 22.5 Å². The molecule has 0 spiro atoms. The van der Waals surface area contributed by atoms with Crippen LogP contribution in [0, 0.1) is 6.92 Å². The van der Waals surface area contributed by atoms with Gasteiger partial charge in [0.25, 0.3) is 0 Å². The minimum atomic E-state index is 0.558. The van der Waals surface area contributed by atoms with E-state index in [0.29, 0.717) is 5.82 Å². The number of benzene rings is 1. The minimum absolute atomic E-state index is 0.558. The summed E-state index contributed by atoms with van der Waals surface area (Å²) in [4.78, 5) is 7.38. The Hall–Kier alpha value is -2.03. The SMILES string of the molecule is Cc1cccc2[nH]c3c(N)nccc3c12. The van der Waals surface area contributed by atoms with Crippen molar-refractivity contribution in [1.29, 1.82) is 0 Å². The smallest absolute Gasteiger partial charge is 0.147 e. The summed E-state index contributed by atoms with van der Waals surface area (Å²) in [6, 6.07) is 8.20. The van der Waals surface area contributed by atoms with Crippen LogP contribution in [0.3, 0.4) is 0 Å². The van der Waals surface area contributed by atoms with E-state index in [0.717, 1.165) is 16.4 Å². The third kappa shape index (κ3) is 1.03. The number of pyridine rings is 1. The Morgan fingerprint density at radius 1 is 1.27 bits per heavy atom. The highest BCUT2D eigenvalue weighted by Crippen LogP contribution is 2.29. The molecular formula is C12H11N3. The van der Waals surface area contributed by atoms with Crippen molar-refractivity contribution in [3.05, 3.63) is 36.0 Å². The minimum Gasteiger partial charge on any atom is -0.382 e. The van der Waals surface area contributed by atoms with Crippen molar-refractivity contribution in [3.63, 3.8) is 0 Å². The van der Waals surface area contributed by atoms with Crippen molar-refractivity contribution in [2.24, 2.45) is 0 Å². The number of hydrogen-bond acceptors (Lipinski definition) is 2. The van der Waals surface area contributed by atoms with Crippen molar-refractivity contribution >= 4 is 27.6 Å². The molecule has 15 heavy (non-hydrogen) atoms. The maximum atomic E-state index is 5.83. The molecule has 0 atom stereocenters. The molecule has 3 aromatic rings. The summed E-state index contributed by atoms with van der Waals surface area (Å²) in [5, 5.41) is 2.39. The number of nitrogen functional groups attached to an aromatic ring is 1. The van der Waals surface area contributed by atoms with Crippen LogP contribution in [0.4, 0.5) is 5.82 Å². The molecular weight excluding hydrogens is 186 g/mol. The summed E-state index contributed by atoms with van der Waals surface area (Å²) in [5.41, 5.74) is 9.13. The predicted octanol–water partition coefficient (Wildman–Crippen LogP) is 2.61. The van der Waals surface area contributed by atoms with Gasteiger partial charge in [0.1, 0.15) is 5.82 Å². The second-order valence-corrected chi connectivity index (χ2v) is 3.74. The van der Waals surface area contributed by atoms with Crippen LogP contribution in [-0.4, -0.2) is 9.97 Å². The molecule has 3 N–H and O–H groups in total. The average molecular weight is 197 g/mol. The highest BCUT2D eigenvalue weighted by atomic mass is 14.9. The summed E-state index contributed by atoms with van der Waals surface area (Å²) in [6.07, 6.45) is 1.75. The van der Waals surface area contributed by atoms with Crippen molar-refractivity contribution in [3.8, 4) is 0 Å². The highest BCUT2D eigenvalue weighted by molar-refractivity contribution is 6.11. The summed E-state index contributed by atoms with van der Waals surface area (Å²) in [7, 11) is 0. The molecule has 0 bridgehead atoms. The first-order valence-electron chi connectivity index (χ1n) is 4.89. The monoisotopic (exact) mass is 197 g/mol. The molecule has 0 saturated heterocycles. The van der Waals surface area contributed by atoms with Gasteiger partial charge in [0.05, 0.1) is 5.52 Å². The van der Waals surface area contributed by atoms with Crippen LogP contribution in [0.15, 0.2) is 30.5 Å². The first-order chi connectivity index (χ1) is 7.27. The number of rotatable bonds is 0. The van der Waals surface area contributed by atoms with E-state index in [2.05, 4.69) is 29.0 Å². The van der Waals surface area contributed by atoms with Gasteiger partial charge in [-0.3, -0.25) is 0 Å². The number of anilines is 1. The van der Waals surface area contributed by atoms with E-state index < -0.39 is 0 Å². The predicted molar refractivity (Wildman–Crippen MR) is 62.7 cm³/mol. The number of hydrogen-bond donors (Lipinski definition) is 2. The number of aromatic amines is 1. The van der Waals surface area contributed by atoms with Crippen LogP contribution in [0.2, 0.25) is 0 Å². The second kappa shape index (κ2) is 2.73. The van der Waals surface area contributed by atoms with Crippen LogP contribution in [0.5, 0.6) is 0 Å². The number of aryl methyl sites for hydroxylation is 1. The molecule has 1 aromatic carbocycles. The number of nitrogens with zero attached hydrogens (tertiary/aromatic N) is 1. The van der Waals surface area contributed by atoms with Gasteiger partial charge < -0.3 is 10.7 Å². The van der Waals surface area contributed by atoms with Gasteiger partial charge in [-0.05, 0) is 24.6 Å². The third-order valence-electron chi connectivity index (χ3n) is 2.78. The van der Waals surface area contributed by atoms with Crippen LogP contribution >= 0.6 is 0 Å². The van der Waals surface area contributed by atoms with Crippen LogP contribution in [0.25, 0.3) is 21.8 Å². The number of aromatic nitrogens is 2. The van der Waals surface area contributed by atoms with E-state index in [9.17, 15) is 0 Å². The number of nitrogens with two attached hydrogens (primary N) is 1. The summed E-state index contributed by atoms with van der Waals surface area (Å²) < 4.78 is 0. The molecule has 3 nitrogen and oxygen atoms in total. The Labute approximate surface area is 86.9 Å². The lowest BCUT2D eigenvalue weighted by atomic mass is 10.1. The van der Waals surface area contributed by atoms with Crippen molar-refractivity contribution in [2.45, 2.75) is 6.92 Å². The standard InChI is InChI=1S/C12H11N3/c1-7-3-2-4-9-10(7)8-5-6-14-12(13)11(8)15-9/h2-6,15H,1H3,(H2,13,14). The van der Waals surface area contributed by atoms with Gasteiger partial charge in [-0.1, -0.05) is 12.1 Å². The first-order valence-corrected chi connectivity index (χ1v) is 4.89. The lowest BCUT2D eigenvalue weighted by molar-refractivity contribution is 1.35. The number of fused-ring (bicyclic) bond motifs is 3. The molecule has 0 aliphatic carbocycles. The highest BCUT2D eigenvalue weighted by Gasteiger charge is 2.07. The molecule has 0 aliphatic rings. The second-order valence-electron chi connectivity index (χ2n) is 3.74. The fourth-order valence-electron chi connectivity index (χ4n) is 2.08. The molecule has 0 fully saturated rings. The lowest BCUT2D eigenvalue weighted by Crippen LogP contribution is -1.89. The van der Waals surface area contributed by atoms with Gasteiger partial charge in [-0.25, -0.2) is 4.98 Å². The van der Waals surface area contributed by atoms with E-state index >= 15 is 0 Å². The quantitative estimate of drug-likeness (QED) is 0.582. The summed E-state index contributed by atoms with van der Waals surface area (Å²) >= 11 is 0. The fraction of sp³-hybridized carbons (Fsp3) is 0.0833. The first kappa shape index (κ1) is 8.29. The van der Waals surface area contributed by atoms with Crippen molar-refractivity contribution in [2.75, 3.05) is 5.73 Å². The van der Waals surface area contributed by atoms with E-state index in [4.69, 9.17) is 5.73 Å². The molecule has 74 valence electrons. The molecule has 2 aromatic heterocycles. The van der Waals surface area contributed by atoms with Gasteiger partial charge in [-0.15, -0.1) is 0 Å². The van der Waals surface area contributed by atoms with Crippen LogP contribution in [-0.2, 0) is 0 Å².